The molecule has 2 N–H and O–H groups in total. The Labute approximate surface area is 106 Å². The number of amides is 2. The molecule has 0 aliphatic heterocycles. The van der Waals surface area contributed by atoms with Crippen molar-refractivity contribution >= 4 is 23.3 Å². The van der Waals surface area contributed by atoms with Gasteiger partial charge in [0.2, 0.25) is 0 Å². The van der Waals surface area contributed by atoms with Gasteiger partial charge in [-0.1, -0.05) is 23.2 Å². The van der Waals surface area contributed by atoms with Crippen molar-refractivity contribution in [3.05, 3.63) is 41.1 Å². The molecule has 1 saturated carbocycles. The predicted octanol–water partition coefficient (Wildman–Crippen LogP) is 3.78. The molecular formula is C13H15ClN2O. The molecule has 1 aliphatic rings. The van der Waals surface area contributed by atoms with E-state index in [4.69, 9.17) is 11.6 Å². The van der Waals surface area contributed by atoms with Gasteiger partial charge < -0.3 is 10.6 Å². The predicted molar refractivity (Wildman–Crippen MR) is 70.1 cm³/mol. The van der Waals surface area contributed by atoms with Crippen molar-refractivity contribution in [1.82, 2.24) is 5.32 Å². The maximum absolute atomic E-state index is 11.6. The van der Waals surface area contributed by atoms with E-state index in [2.05, 4.69) is 10.6 Å². The first-order chi connectivity index (χ1) is 8.15. The van der Waals surface area contributed by atoms with E-state index >= 15 is 0 Å². The molecule has 0 saturated heterocycles. The van der Waals surface area contributed by atoms with Gasteiger partial charge in [0.05, 0.1) is 0 Å². The van der Waals surface area contributed by atoms with Crippen LogP contribution < -0.4 is 10.6 Å². The molecule has 4 heteroatoms. The second-order valence-electron chi connectivity index (χ2n) is 4.27. The Kier molecular flexibility index (Phi) is 3.69. The Morgan fingerprint density at radius 2 is 2.24 bits per heavy atom. The van der Waals surface area contributed by atoms with E-state index in [0.29, 0.717) is 16.6 Å². The number of carbonyl (C=O) groups is 1. The second-order valence-corrected chi connectivity index (χ2v) is 4.71. The van der Waals surface area contributed by atoms with Crippen molar-refractivity contribution in [2.75, 3.05) is 5.32 Å². The van der Waals surface area contributed by atoms with Crippen molar-refractivity contribution in [3.63, 3.8) is 0 Å². The summed E-state index contributed by atoms with van der Waals surface area (Å²) < 4.78 is 0. The smallest absolute Gasteiger partial charge is 0.314 e. The number of nitrogens with one attached hydrogen (secondary N) is 2. The summed E-state index contributed by atoms with van der Waals surface area (Å²) in [6.45, 7) is 2.04. The van der Waals surface area contributed by atoms with E-state index in [-0.39, 0.29) is 6.03 Å². The number of carbonyl (C=O) groups excluding carboxylic acids is 1. The minimum atomic E-state index is -0.243. The van der Waals surface area contributed by atoms with E-state index < -0.39 is 0 Å². The van der Waals surface area contributed by atoms with Crippen LogP contribution in [0.3, 0.4) is 0 Å². The summed E-state index contributed by atoms with van der Waals surface area (Å²) in [5.41, 5.74) is 1.92. The molecule has 0 aromatic heterocycles. The van der Waals surface area contributed by atoms with Gasteiger partial charge in [0.25, 0.3) is 0 Å². The SMILES string of the molecule is C/C(=C\NC(=O)Nc1cccc(Cl)c1)C1CC1. The third-order valence-corrected chi connectivity index (χ3v) is 2.97. The highest BCUT2D eigenvalue weighted by Crippen LogP contribution is 2.35. The molecule has 2 amide bonds. The van der Waals surface area contributed by atoms with Gasteiger partial charge in [-0.25, -0.2) is 4.79 Å². The number of rotatable bonds is 3. The Hall–Kier alpha value is -1.48. The summed E-state index contributed by atoms with van der Waals surface area (Å²) in [7, 11) is 0. The first-order valence-electron chi connectivity index (χ1n) is 5.65. The standard InChI is InChI=1S/C13H15ClN2O/c1-9(10-5-6-10)8-15-13(17)16-12-4-2-3-11(14)7-12/h2-4,7-8,10H,5-6H2,1H3,(H2,15,16,17)/b9-8+. The van der Waals surface area contributed by atoms with Gasteiger partial charge in [0.1, 0.15) is 0 Å². The highest BCUT2D eigenvalue weighted by atomic mass is 35.5. The zero-order valence-corrected chi connectivity index (χ0v) is 10.4. The number of benzene rings is 1. The lowest BCUT2D eigenvalue weighted by Crippen LogP contribution is -2.24. The van der Waals surface area contributed by atoms with Crippen LogP contribution in [0.1, 0.15) is 19.8 Å². The van der Waals surface area contributed by atoms with Crippen molar-refractivity contribution in [3.8, 4) is 0 Å². The van der Waals surface area contributed by atoms with E-state index in [9.17, 15) is 4.79 Å². The summed E-state index contributed by atoms with van der Waals surface area (Å²) in [5, 5.41) is 6.04. The quantitative estimate of drug-likeness (QED) is 0.842. The molecule has 1 aromatic rings. The number of urea groups is 1. The van der Waals surface area contributed by atoms with Crippen LogP contribution in [0.2, 0.25) is 5.02 Å². The lowest BCUT2D eigenvalue weighted by Gasteiger charge is -2.05. The number of hydrogen-bond donors (Lipinski definition) is 2. The minimum absolute atomic E-state index is 0.243. The van der Waals surface area contributed by atoms with Gasteiger partial charge >= 0.3 is 6.03 Å². The summed E-state index contributed by atoms with van der Waals surface area (Å²) >= 11 is 5.82. The van der Waals surface area contributed by atoms with Crippen LogP contribution in [-0.2, 0) is 0 Å². The van der Waals surface area contributed by atoms with E-state index in [1.165, 1.54) is 18.4 Å². The maximum atomic E-state index is 11.6. The minimum Gasteiger partial charge on any atom is -0.314 e. The average Bonchev–Trinajstić information content (AvgIpc) is 3.09. The number of allylic oxidation sites excluding steroid dienone is 1. The molecule has 0 bridgehead atoms. The first-order valence-corrected chi connectivity index (χ1v) is 6.02. The van der Waals surface area contributed by atoms with Crippen LogP contribution in [0.5, 0.6) is 0 Å². The molecule has 2 rings (SSSR count). The lowest BCUT2D eigenvalue weighted by atomic mass is 10.2. The van der Waals surface area contributed by atoms with Crippen molar-refractivity contribution in [2.45, 2.75) is 19.8 Å². The molecule has 1 aliphatic carbocycles. The Morgan fingerprint density at radius 3 is 2.88 bits per heavy atom. The van der Waals surface area contributed by atoms with Crippen LogP contribution in [0.4, 0.5) is 10.5 Å². The number of halogens is 1. The average molecular weight is 251 g/mol. The molecule has 0 atom stereocenters. The van der Waals surface area contributed by atoms with Crippen LogP contribution >= 0.6 is 11.6 Å². The molecule has 0 heterocycles. The van der Waals surface area contributed by atoms with Crippen LogP contribution in [0, 0.1) is 5.92 Å². The second kappa shape index (κ2) is 5.23. The van der Waals surface area contributed by atoms with Crippen molar-refractivity contribution in [1.29, 1.82) is 0 Å². The maximum Gasteiger partial charge on any atom is 0.323 e. The molecule has 0 unspecified atom stereocenters. The van der Waals surface area contributed by atoms with Gasteiger partial charge in [-0.15, -0.1) is 0 Å². The molecule has 1 aromatic carbocycles. The fraction of sp³-hybridized carbons (Fsp3) is 0.308. The van der Waals surface area contributed by atoms with Gasteiger partial charge in [-0.3, -0.25) is 0 Å². The number of anilines is 1. The summed E-state index contributed by atoms with van der Waals surface area (Å²) in [6.07, 6.45) is 4.25. The topological polar surface area (TPSA) is 41.1 Å². The van der Waals surface area contributed by atoms with Gasteiger partial charge in [-0.05, 0) is 43.9 Å². The third kappa shape index (κ3) is 3.79. The fourth-order valence-corrected chi connectivity index (χ4v) is 1.76. The summed E-state index contributed by atoms with van der Waals surface area (Å²) in [5.74, 6) is 0.668. The van der Waals surface area contributed by atoms with Crippen LogP contribution in [-0.4, -0.2) is 6.03 Å². The Morgan fingerprint density at radius 1 is 1.47 bits per heavy atom. The highest BCUT2D eigenvalue weighted by Gasteiger charge is 2.22. The zero-order chi connectivity index (χ0) is 12.3. The normalized spacial score (nSPS) is 15.5. The van der Waals surface area contributed by atoms with E-state index in [0.717, 1.165) is 0 Å². The van der Waals surface area contributed by atoms with Crippen molar-refractivity contribution < 1.29 is 4.79 Å². The Balaban J connectivity index is 1.86. The molecule has 0 spiro atoms. The first kappa shape index (κ1) is 12.0. The molecule has 1 fully saturated rings. The van der Waals surface area contributed by atoms with E-state index in [1.807, 2.05) is 6.92 Å². The molecule has 3 nitrogen and oxygen atoms in total. The van der Waals surface area contributed by atoms with Gasteiger partial charge in [0.15, 0.2) is 0 Å². The number of hydrogen-bond acceptors (Lipinski definition) is 1. The van der Waals surface area contributed by atoms with Gasteiger partial charge in [-0.2, -0.15) is 0 Å². The monoisotopic (exact) mass is 250 g/mol. The van der Waals surface area contributed by atoms with Crippen LogP contribution in [0.15, 0.2) is 36.0 Å². The van der Waals surface area contributed by atoms with Crippen LogP contribution in [0.25, 0.3) is 0 Å². The third-order valence-electron chi connectivity index (χ3n) is 2.73. The highest BCUT2D eigenvalue weighted by molar-refractivity contribution is 6.30. The summed E-state index contributed by atoms with van der Waals surface area (Å²) in [6, 6.07) is 6.82. The molecule has 0 radical (unpaired) electrons. The Bertz CT molecular complexity index is 452. The molecule has 90 valence electrons. The fourth-order valence-electron chi connectivity index (χ4n) is 1.57. The largest absolute Gasteiger partial charge is 0.323 e. The lowest BCUT2D eigenvalue weighted by molar-refractivity contribution is 0.255. The summed E-state index contributed by atoms with van der Waals surface area (Å²) in [4.78, 5) is 11.6. The zero-order valence-electron chi connectivity index (χ0n) is 9.66. The molecular weight excluding hydrogens is 236 g/mol. The molecule has 17 heavy (non-hydrogen) atoms. The van der Waals surface area contributed by atoms with E-state index in [1.54, 1.807) is 30.5 Å². The van der Waals surface area contributed by atoms with Gasteiger partial charge in [0, 0.05) is 16.9 Å². The van der Waals surface area contributed by atoms with Crippen molar-refractivity contribution in [2.24, 2.45) is 5.92 Å².